The van der Waals surface area contributed by atoms with Gasteiger partial charge in [-0.2, -0.15) is 0 Å². The van der Waals surface area contributed by atoms with Crippen molar-refractivity contribution in [1.29, 1.82) is 0 Å². The van der Waals surface area contributed by atoms with Crippen molar-refractivity contribution in [3.05, 3.63) is 51.7 Å². The lowest BCUT2D eigenvalue weighted by molar-refractivity contribution is -0.139. The van der Waals surface area contributed by atoms with Crippen molar-refractivity contribution in [2.24, 2.45) is 0 Å². The molecule has 1 N–H and O–H groups in total. The summed E-state index contributed by atoms with van der Waals surface area (Å²) in [6.07, 6.45) is 0.751. The highest BCUT2D eigenvalue weighted by Crippen LogP contribution is 2.42. The van der Waals surface area contributed by atoms with Crippen LogP contribution in [0.15, 0.2) is 41.3 Å². The second-order valence-corrected chi connectivity index (χ2v) is 8.73. The summed E-state index contributed by atoms with van der Waals surface area (Å²) in [4.78, 5) is 30.8. The molecule has 1 aromatic heterocycles. The number of rotatable bonds is 8. The molecule has 1 saturated heterocycles. The average Bonchev–Trinajstić information content (AvgIpc) is 3.43. The van der Waals surface area contributed by atoms with E-state index in [4.69, 9.17) is 9.47 Å². The molecule has 1 fully saturated rings. The molecule has 3 heterocycles. The zero-order chi connectivity index (χ0) is 22.7. The van der Waals surface area contributed by atoms with E-state index in [1.165, 1.54) is 11.3 Å². The van der Waals surface area contributed by atoms with E-state index in [0.717, 1.165) is 30.9 Å². The highest BCUT2D eigenvalue weighted by molar-refractivity contribution is 7.10. The third-order valence-electron chi connectivity index (χ3n) is 5.94. The van der Waals surface area contributed by atoms with Crippen LogP contribution in [0.3, 0.4) is 0 Å². The number of amides is 1. The van der Waals surface area contributed by atoms with Crippen LogP contribution in [0.25, 0.3) is 5.76 Å². The quantitative estimate of drug-likeness (QED) is 0.371. The van der Waals surface area contributed by atoms with E-state index in [2.05, 4.69) is 18.7 Å². The van der Waals surface area contributed by atoms with Crippen LogP contribution in [-0.4, -0.2) is 66.0 Å². The number of aliphatic hydroxyl groups is 1. The topological polar surface area (TPSA) is 79.3 Å². The number of hydrogen-bond donors (Lipinski definition) is 1. The predicted molar refractivity (Wildman–Crippen MR) is 123 cm³/mol. The van der Waals surface area contributed by atoms with Crippen molar-refractivity contribution in [3.63, 3.8) is 0 Å². The third-order valence-corrected chi connectivity index (χ3v) is 6.86. The van der Waals surface area contributed by atoms with E-state index < -0.39 is 17.7 Å². The van der Waals surface area contributed by atoms with Crippen molar-refractivity contribution in [1.82, 2.24) is 9.80 Å². The first-order valence-electron chi connectivity index (χ1n) is 11.0. The summed E-state index contributed by atoms with van der Waals surface area (Å²) >= 11 is 1.47. The van der Waals surface area contributed by atoms with Gasteiger partial charge in [-0.1, -0.05) is 19.9 Å². The molecule has 32 heavy (non-hydrogen) atoms. The van der Waals surface area contributed by atoms with Gasteiger partial charge in [0, 0.05) is 17.0 Å². The number of hydrogen-bond acceptors (Lipinski definition) is 7. The lowest BCUT2D eigenvalue weighted by Crippen LogP contribution is -2.33. The first kappa shape index (κ1) is 22.4. The number of carbonyl (C=O) groups excluding carboxylic acids is 2. The van der Waals surface area contributed by atoms with Gasteiger partial charge in [-0.15, -0.1) is 11.3 Å². The number of benzene rings is 1. The standard InChI is InChI=1S/C24H28N2O5S/c1-3-25(4-2)10-6-11-26-21(19-7-5-14-32-19)20(23(28)24(26)29)22(27)16-8-9-17-18(15-16)31-13-12-30-17/h5,7-9,14-15,21,27H,3-4,6,10-13H2,1-2H3/t21-/m1/s1. The molecule has 2 aromatic rings. The minimum Gasteiger partial charge on any atom is -0.507 e. The number of aliphatic hydroxyl groups excluding tert-OH is 1. The summed E-state index contributed by atoms with van der Waals surface area (Å²) in [6, 6.07) is 8.24. The number of ether oxygens (including phenoxy) is 2. The van der Waals surface area contributed by atoms with E-state index in [9.17, 15) is 14.7 Å². The Morgan fingerprint density at radius 2 is 1.91 bits per heavy atom. The normalized spacial score (nSPS) is 19.7. The van der Waals surface area contributed by atoms with Crippen LogP contribution < -0.4 is 9.47 Å². The van der Waals surface area contributed by atoms with E-state index in [1.807, 2.05) is 17.5 Å². The third kappa shape index (κ3) is 4.25. The highest BCUT2D eigenvalue weighted by atomic mass is 32.1. The maximum absolute atomic E-state index is 13.1. The van der Waals surface area contributed by atoms with Crippen molar-refractivity contribution in [2.45, 2.75) is 26.3 Å². The number of Topliss-reactive ketones (excluding diaryl/α,β-unsaturated/α-hetero) is 1. The molecular formula is C24H28N2O5S. The average molecular weight is 457 g/mol. The van der Waals surface area contributed by atoms with Crippen molar-refractivity contribution in [3.8, 4) is 11.5 Å². The van der Waals surface area contributed by atoms with Crippen molar-refractivity contribution in [2.75, 3.05) is 39.4 Å². The van der Waals surface area contributed by atoms with Gasteiger partial charge in [-0.05, 0) is 55.7 Å². The fourth-order valence-electron chi connectivity index (χ4n) is 4.20. The zero-order valence-electron chi connectivity index (χ0n) is 18.4. The van der Waals surface area contributed by atoms with E-state index in [-0.39, 0.29) is 11.3 Å². The molecule has 0 saturated carbocycles. The molecular weight excluding hydrogens is 428 g/mol. The lowest BCUT2D eigenvalue weighted by atomic mass is 9.99. The molecule has 0 aliphatic carbocycles. The van der Waals surface area contributed by atoms with Crippen LogP contribution in [0.5, 0.6) is 11.5 Å². The van der Waals surface area contributed by atoms with Gasteiger partial charge in [0.25, 0.3) is 11.7 Å². The Morgan fingerprint density at radius 1 is 1.16 bits per heavy atom. The minimum absolute atomic E-state index is 0.122. The molecule has 4 rings (SSSR count). The summed E-state index contributed by atoms with van der Waals surface area (Å²) in [5.74, 6) is -0.300. The Bertz CT molecular complexity index is 1010. The highest BCUT2D eigenvalue weighted by Gasteiger charge is 2.46. The molecule has 0 unspecified atom stereocenters. The SMILES string of the molecule is CCN(CC)CCCN1C(=O)C(=O)C(=C(O)c2ccc3c(c2)OCCO3)[C@H]1c1cccs1. The van der Waals surface area contributed by atoms with Gasteiger partial charge in [0.2, 0.25) is 0 Å². The van der Waals surface area contributed by atoms with Crippen LogP contribution in [0.4, 0.5) is 0 Å². The number of fused-ring (bicyclic) bond motifs is 1. The number of nitrogens with zero attached hydrogens (tertiary/aromatic N) is 2. The van der Waals surface area contributed by atoms with Crippen LogP contribution in [-0.2, 0) is 9.59 Å². The summed E-state index contributed by atoms with van der Waals surface area (Å²) < 4.78 is 11.2. The van der Waals surface area contributed by atoms with E-state index >= 15 is 0 Å². The molecule has 1 amide bonds. The Kier molecular flexibility index (Phi) is 6.81. The van der Waals surface area contributed by atoms with Gasteiger partial charge in [-0.25, -0.2) is 0 Å². The molecule has 2 aliphatic rings. The fourth-order valence-corrected chi connectivity index (χ4v) is 5.05. The Balaban J connectivity index is 1.68. The van der Waals surface area contributed by atoms with Gasteiger partial charge in [0.1, 0.15) is 19.0 Å². The number of carbonyl (C=O) groups is 2. The second-order valence-electron chi connectivity index (χ2n) is 7.75. The van der Waals surface area contributed by atoms with Gasteiger partial charge in [0.05, 0.1) is 11.6 Å². The first-order chi connectivity index (χ1) is 15.5. The molecule has 170 valence electrons. The maximum Gasteiger partial charge on any atom is 0.295 e. The molecule has 1 atom stereocenters. The van der Waals surface area contributed by atoms with Gasteiger partial charge in [0.15, 0.2) is 11.5 Å². The lowest BCUT2D eigenvalue weighted by Gasteiger charge is -2.26. The molecule has 7 nitrogen and oxygen atoms in total. The molecule has 0 spiro atoms. The smallest absolute Gasteiger partial charge is 0.295 e. The fraction of sp³-hybridized carbons (Fsp3) is 0.417. The molecule has 0 bridgehead atoms. The number of likely N-dealkylation sites (tertiary alicyclic amines) is 1. The molecule has 2 aliphatic heterocycles. The second kappa shape index (κ2) is 9.75. The maximum atomic E-state index is 13.1. The Morgan fingerprint density at radius 3 is 2.59 bits per heavy atom. The summed E-state index contributed by atoms with van der Waals surface area (Å²) in [5, 5.41) is 13.1. The monoisotopic (exact) mass is 456 g/mol. The van der Waals surface area contributed by atoms with E-state index in [0.29, 0.717) is 36.8 Å². The minimum atomic E-state index is -0.654. The van der Waals surface area contributed by atoms with E-state index in [1.54, 1.807) is 23.1 Å². The van der Waals surface area contributed by atoms with Crippen LogP contribution in [0.2, 0.25) is 0 Å². The number of ketones is 1. The zero-order valence-corrected chi connectivity index (χ0v) is 19.2. The number of thiophene rings is 1. The van der Waals surface area contributed by atoms with Gasteiger partial charge >= 0.3 is 0 Å². The molecule has 8 heteroatoms. The summed E-state index contributed by atoms with van der Waals surface area (Å²) in [5.41, 5.74) is 0.550. The van der Waals surface area contributed by atoms with Crippen molar-refractivity contribution >= 4 is 28.8 Å². The summed E-state index contributed by atoms with van der Waals surface area (Å²) in [7, 11) is 0. The molecule has 0 radical (unpaired) electrons. The molecule has 1 aromatic carbocycles. The van der Waals surface area contributed by atoms with Crippen LogP contribution in [0, 0.1) is 0 Å². The first-order valence-corrected chi connectivity index (χ1v) is 11.9. The van der Waals surface area contributed by atoms with Crippen LogP contribution >= 0.6 is 11.3 Å². The predicted octanol–water partition coefficient (Wildman–Crippen LogP) is 3.67. The largest absolute Gasteiger partial charge is 0.507 e. The van der Waals surface area contributed by atoms with Crippen molar-refractivity contribution < 1.29 is 24.2 Å². The van der Waals surface area contributed by atoms with Gasteiger partial charge < -0.3 is 24.4 Å². The van der Waals surface area contributed by atoms with Crippen LogP contribution in [0.1, 0.15) is 36.8 Å². The Labute approximate surface area is 191 Å². The Hall–Kier alpha value is -2.84. The summed E-state index contributed by atoms with van der Waals surface area (Å²) in [6.45, 7) is 8.26. The van der Waals surface area contributed by atoms with Gasteiger partial charge in [-0.3, -0.25) is 9.59 Å².